The Balaban J connectivity index is 2.16. The van der Waals surface area contributed by atoms with Crippen LogP contribution in [0.4, 0.5) is 4.79 Å². The molecule has 0 spiro atoms. The van der Waals surface area contributed by atoms with E-state index in [-0.39, 0.29) is 12.2 Å². The van der Waals surface area contributed by atoms with E-state index in [1.54, 1.807) is 4.90 Å². The van der Waals surface area contributed by atoms with Crippen LogP contribution in [0.25, 0.3) is 0 Å². The van der Waals surface area contributed by atoms with Gasteiger partial charge in [-0.3, -0.25) is 0 Å². The monoisotopic (exact) mass is 187 g/mol. The molecule has 0 aliphatic carbocycles. The number of rotatable bonds is 3. The molecule has 0 aromatic heterocycles. The zero-order chi connectivity index (χ0) is 9.68. The largest absolute Gasteiger partial charge is 0.449 e. The van der Waals surface area contributed by atoms with Crippen molar-refractivity contribution in [2.24, 2.45) is 0 Å². The predicted octanol–water partition coefficient (Wildman–Crippen LogP) is 0.990. The number of hydrogen-bond donors (Lipinski definition) is 1. The smallest absolute Gasteiger partial charge is 0.409 e. The maximum Gasteiger partial charge on any atom is 0.409 e. The lowest BCUT2D eigenvalue weighted by molar-refractivity contribution is 0.102. The van der Waals surface area contributed by atoms with Crippen LogP contribution in [0.5, 0.6) is 0 Å². The third-order valence-corrected chi connectivity index (χ3v) is 2.15. The molecule has 1 atom stereocenters. The summed E-state index contributed by atoms with van der Waals surface area (Å²) in [5, 5.41) is 9.17. The van der Waals surface area contributed by atoms with Gasteiger partial charge in [-0.25, -0.2) is 4.79 Å². The van der Waals surface area contributed by atoms with Gasteiger partial charge in [0.15, 0.2) is 0 Å². The van der Waals surface area contributed by atoms with Crippen molar-refractivity contribution < 1.29 is 14.6 Å². The Morgan fingerprint density at radius 3 is 3.00 bits per heavy atom. The van der Waals surface area contributed by atoms with Crippen LogP contribution in [-0.4, -0.2) is 41.9 Å². The van der Waals surface area contributed by atoms with Crippen molar-refractivity contribution in [3.63, 3.8) is 0 Å². The van der Waals surface area contributed by atoms with Gasteiger partial charge in [0, 0.05) is 13.1 Å². The van der Waals surface area contributed by atoms with Crippen molar-refractivity contribution in [1.82, 2.24) is 4.90 Å². The summed E-state index contributed by atoms with van der Waals surface area (Å²) in [4.78, 5) is 12.8. The van der Waals surface area contributed by atoms with Crippen LogP contribution in [0.2, 0.25) is 0 Å². The molecule has 1 aliphatic heterocycles. The molecule has 1 aliphatic rings. The Labute approximate surface area is 78.5 Å². The van der Waals surface area contributed by atoms with Gasteiger partial charge in [0.1, 0.15) is 0 Å². The maximum atomic E-state index is 11.3. The molecule has 1 rings (SSSR count). The molecule has 0 radical (unpaired) electrons. The Kier molecular flexibility index (Phi) is 4.02. The number of unbranched alkanes of at least 4 members (excludes halogenated alkanes) is 1. The molecular weight excluding hydrogens is 170 g/mol. The lowest BCUT2D eigenvalue weighted by atomic mass is 10.3. The van der Waals surface area contributed by atoms with Crippen molar-refractivity contribution in [3.05, 3.63) is 0 Å². The number of β-amino-alcohol motifs (C(OH)–C–C–N with tert-alkyl or cyclic N) is 1. The topological polar surface area (TPSA) is 49.8 Å². The molecule has 1 heterocycles. The Morgan fingerprint density at radius 2 is 2.46 bits per heavy atom. The highest BCUT2D eigenvalue weighted by molar-refractivity contribution is 5.67. The van der Waals surface area contributed by atoms with Crippen molar-refractivity contribution in [1.29, 1.82) is 0 Å². The van der Waals surface area contributed by atoms with Gasteiger partial charge in [-0.05, 0) is 12.8 Å². The number of likely N-dealkylation sites (tertiary alicyclic amines) is 1. The second-order valence-corrected chi connectivity index (χ2v) is 3.36. The van der Waals surface area contributed by atoms with E-state index in [1.807, 2.05) is 6.92 Å². The first-order valence-corrected chi connectivity index (χ1v) is 4.83. The van der Waals surface area contributed by atoms with E-state index >= 15 is 0 Å². The van der Waals surface area contributed by atoms with Crippen molar-refractivity contribution in [2.75, 3.05) is 19.7 Å². The molecule has 4 nitrogen and oxygen atoms in total. The standard InChI is InChI=1S/C9H17NO3/c1-2-3-6-13-9(12)10-5-4-8(11)7-10/h8,11H,2-7H2,1H3. The maximum absolute atomic E-state index is 11.3. The van der Waals surface area contributed by atoms with Gasteiger partial charge in [-0.15, -0.1) is 0 Å². The number of ether oxygens (including phenoxy) is 1. The van der Waals surface area contributed by atoms with Crippen molar-refractivity contribution >= 4 is 6.09 Å². The van der Waals surface area contributed by atoms with Gasteiger partial charge in [0.2, 0.25) is 0 Å². The van der Waals surface area contributed by atoms with Crippen LogP contribution in [0.15, 0.2) is 0 Å². The summed E-state index contributed by atoms with van der Waals surface area (Å²) in [5.41, 5.74) is 0. The minimum atomic E-state index is -0.362. The van der Waals surface area contributed by atoms with Crippen LogP contribution in [0, 0.1) is 0 Å². The third-order valence-electron chi connectivity index (χ3n) is 2.15. The Hall–Kier alpha value is -0.770. The van der Waals surface area contributed by atoms with Gasteiger partial charge in [0.25, 0.3) is 0 Å². The number of carbonyl (C=O) groups is 1. The summed E-state index contributed by atoms with van der Waals surface area (Å²) in [6.07, 6.45) is 1.95. The normalized spacial score (nSPS) is 22.0. The molecule has 0 bridgehead atoms. The van der Waals surface area contributed by atoms with E-state index in [2.05, 4.69) is 0 Å². The second-order valence-electron chi connectivity index (χ2n) is 3.36. The van der Waals surface area contributed by atoms with E-state index in [0.29, 0.717) is 26.1 Å². The quantitative estimate of drug-likeness (QED) is 0.670. The van der Waals surface area contributed by atoms with Gasteiger partial charge < -0.3 is 14.7 Å². The summed E-state index contributed by atoms with van der Waals surface area (Å²) in [6.45, 7) is 3.58. The lowest BCUT2D eigenvalue weighted by Crippen LogP contribution is -2.30. The molecular formula is C9H17NO3. The fourth-order valence-electron chi connectivity index (χ4n) is 1.30. The summed E-state index contributed by atoms with van der Waals surface area (Å²) in [5.74, 6) is 0. The fraction of sp³-hybridized carbons (Fsp3) is 0.889. The minimum absolute atomic E-state index is 0.287. The Bertz CT molecular complexity index is 172. The average molecular weight is 187 g/mol. The molecule has 4 heteroatoms. The molecule has 1 N–H and O–H groups in total. The van der Waals surface area contributed by atoms with Gasteiger partial charge in [0.05, 0.1) is 12.7 Å². The number of aliphatic hydroxyl groups is 1. The van der Waals surface area contributed by atoms with E-state index in [4.69, 9.17) is 4.74 Å². The molecule has 0 aromatic carbocycles. The van der Waals surface area contributed by atoms with Crippen LogP contribution < -0.4 is 0 Å². The zero-order valence-electron chi connectivity index (χ0n) is 8.03. The first kappa shape index (κ1) is 10.3. The highest BCUT2D eigenvalue weighted by Crippen LogP contribution is 2.09. The summed E-state index contributed by atoms with van der Waals surface area (Å²) < 4.78 is 4.99. The van der Waals surface area contributed by atoms with Crippen molar-refractivity contribution in [3.8, 4) is 0 Å². The fourth-order valence-corrected chi connectivity index (χ4v) is 1.30. The second kappa shape index (κ2) is 5.07. The number of amides is 1. The van der Waals surface area contributed by atoms with Crippen LogP contribution in [0.1, 0.15) is 26.2 Å². The van der Waals surface area contributed by atoms with E-state index in [9.17, 15) is 9.90 Å². The van der Waals surface area contributed by atoms with Gasteiger partial charge in [-0.1, -0.05) is 13.3 Å². The molecule has 13 heavy (non-hydrogen) atoms. The number of hydrogen-bond acceptors (Lipinski definition) is 3. The van der Waals surface area contributed by atoms with E-state index in [1.165, 1.54) is 0 Å². The highest BCUT2D eigenvalue weighted by atomic mass is 16.6. The lowest BCUT2D eigenvalue weighted by Gasteiger charge is -2.14. The van der Waals surface area contributed by atoms with Crippen LogP contribution in [0.3, 0.4) is 0 Å². The van der Waals surface area contributed by atoms with E-state index in [0.717, 1.165) is 12.8 Å². The minimum Gasteiger partial charge on any atom is -0.449 e. The predicted molar refractivity (Wildman–Crippen MR) is 48.5 cm³/mol. The Morgan fingerprint density at radius 1 is 1.69 bits per heavy atom. The molecule has 76 valence electrons. The SMILES string of the molecule is CCCCOC(=O)N1CCC(O)C1. The highest BCUT2D eigenvalue weighted by Gasteiger charge is 2.25. The molecule has 1 saturated heterocycles. The van der Waals surface area contributed by atoms with Gasteiger partial charge in [-0.2, -0.15) is 0 Å². The summed E-state index contributed by atoms with van der Waals surface area (Å²) >= 11 is 0. The molecule has 1 amide bonds. The average Bonchev–Trinajstić information content (AvgIpc) is 2.52. The van der Waals surface area contributed by atoms with Crippen LogP contribution in [-0.2, 0) is 4.74 Å². The van der Waals surface area contributed by atoms with E-state index < -0.39 is 0 Å². The van der Waals surface area contributed by atoms with Crippen LogP contribution >= 0.6 is 0 Å². The molecule has 1 fully saturated rings. The summed E-state index contributed by atoms with van der Waals surface area (Å²) in [6, 6.07) is 0. The number of nitrogens with zero attached hydrogens (tertiary/aromatic N) is 1. The number of carbonyl (C=O) groups excluding carboxylic acids is 1. The molecule has 0 aromatic rings. The van der Waals surface area contributed by atoms with Crippen molar-refractivity contribution in [2.45, 2.75) is 32.3 Å². The third kappa shape index (κ3) is 3.22. The molecule has 1 unspecified atom stereocenters. The number of aliphatic hydroxyl groups excluding tert-OH is 1. The van der Waals surface area contributed by atoms with Gasteiger partial charge >= 0.3 is 6.09 Å². The first-order chi connectivity index (χ1) is 6.24. The zero-order valence-corrected chi connectivity index (χ0v) is 8.03. The first-order valence-electron chi connectivity index (χ1n) is 4.83. The summed E-state index contributed by atoms with van der Waals surface area (Å²) in [7, 11) is 0. The molecule has 0 saturated carbocycles.